The number of carbonyl (C=O) groups excluding carboxylic acids is 2. The summed E-state index contributed by atoms with van der Waals surface area (Å²) in [5, 5.41) is 0. The smallest absolute Gasteiger partial charge is 0.262 e. The average Bonchev–Trinajstić information content (AvgIpc) is 2.91. The molecule has 1 aromatic rings. The van der Waals surface area contributed by atoms with Gasteiger partial charge in [-0.1, -0.05) is 18.2 Å². The SMILES string of the molecule is CCOc1ccccc1/C=C/C(=O)NNC(=O)C[C@H]1CCS(=O)(=O)C1. The van der Waals surface area contributed by atoms with Crippen molar-refractivity contribution in [2.75, 3.05) is 18.1 Å². The van der Waals surface area contributed by atoms with Gasteiger partial charge in [0.25, 0.3) is 5.91 Å². The maximum Gasteiger partial charge on any atom is 0.262 e. The van der Waals surface area contributed by atoms with E-state index in [-0.39, 0.29) is 23.8 Å². The molecule has 0 radical (unpaired) electrons. The summed E-state index contributed by atoms with van der Waals surface area (Å²) in [4.78, 5) is 23.5. The van der Waals surface area contributed by atoms with Crippen molar-refractivity contribution < 1.29 is 22.7 Å². The van der Waals surface area contributed by atoms with Crippen LogP contribution in [0.3, 0.4) is 0 Å². The van der Waals surface area contributed by atoms with Gasteiger partial charge in [-0.2, -0.15) is 0 Å². The third-order valence-electron chi connectivity index (χ3n) is 3.76. The Morgan fingerprint density at radius 3 is 2.72 bits per heavy atom. The normalized spacial score (nSPS) is 18.8. The standard InChI is InChI=1S/C17H22N2O5S/c1-2-24-15-6-4-3-5-14(15)7-8-16(20)18-19-17(21)11-13-9-10-25(22,23)12-13/h3-8,13H,2,9-12H2,1H3,(H,18,20)(H,19,21)/b8-7+/t13-/m1/s1. The zero-order chi connectivity index (χ0) is 18.3. The third-order valence-corrected chi connectivity index (χ3v) is 5.60. The number of ether oxygens (including phenoxy) is 1. The molecule has 8 heteroatoms. The molecule has 0 spiro atoms. The van der Waals surface area contributed by atoms with Gasteiger partial charge in [-0.05, 0) is 31.4 Å². The highest BCUT2D eigenvalue weighted by Gasteiger charge is 2.29. The molecule has 7 nitrogen and oxygen atoms in total. The molecule has 2 N–H and O–H groups in total. The van der Waals surface area contributed by atoms with Crippen LogP contribution in [0.5, 0.6) is 5.75 Å². The summed E-state index contributed by atoms with van der Waals surface area (Å²) in [5.41, 5.74) is 5.33. The highest BCUT2D eigenvalue weighted by atomic mass is 32.2. The molecule has 1 aliphatic rings. The molecule has 1 heterocycles. The Morgan fingerprint density at radius 1 is 1.28 bits per heavy atom. The van der Waals surface area contributed by atoms with Crippen molar-refractivity contribution in [2.45, 2.75) is 19.8 Å². The molecule has 1 fully saturated rings. The predicted octanol–water partition coefficient (Wildman–Crippen LogP) is 1.07. The van der Waals surface area contributed by atoms with Gasteiger partial charge in [0, 0.05) is 18.1 Å². The molecular formula is C17H22N2O5S. The number of nitrogens with one attached hydrogen (secondary N) is 2. The molecule has 0 aromatic heterocycles. The van der Waals surface area contributed by atoms with E-state index in [0.29, 0.717) is 18.8 Å². The van der Waals surface area contributed by atoms with Crippen LogP contribution >= 0.6 is 0 Å². The van der Waals surface area contributed by atoms with Gasteiger partial charge < -0.3 is 4.74 Å². The predicted molar refractivity (Wildman–Crippen MR) is 94.3 cm³/mol. The Morgan fingerprint density at radius 2 is 2.04 bits per heavy atom. The number of hydrogen-bond donors (Lipinski definition) is 2. The maximum atomic E-state index is 11.8. The number of carbonyl (C=O) groups is 2. The molecule has 136 valence electrons. The summed E-state index contributed by atoms with van der Waals surface area (Å²) in [6, 6.07) is 7.29. The first-order valence-corrected chi connectivity index (χ1v) is 9.91. The van der Waals surface area contributed by atoms with Gasteiger partial charge in [0.05, 0.1) is 18.1 Å². The minimum Gasteiger partial charge on any atom is -0.493 e. The summed E-state index contributed by atoms with van der Waals surface area (Å²) in [6.07, 6.45) is 3.45. The first kappa shape index (κ1) is 19.0. The van der Waals surface area contributed by atoms with E-state index in [2.05, 4.69) is 10.9 Å². The van der Waals surface area contributed by atoms with E-state index in [1.165, 1.54) is 6.08 Å². The van der Waals surface area contributed by atoms with E-state index in [4.69, 9.17) is 4.74 Å². The van der Waals surface area contributed by atoms with Crippen molar-refractivity contribution in [3.8, 4) is 5.75 Å². The molecule has 0 saturated carbocycles. The summed E-state index contributed by atoms with van der Waals surface area (Å²) in [5.74, 6) is -0.254. The lowest BCUT2D eigenvalue weighted by Crippen LogP contribution is -2.41. The van der Waals surface area contributed by atoms with E-state index in [1.807, 2.05) is 25.1 Å². The van der Waals surface area contributed by atoms with Crippen LogP contribution in [0.4, 0.5) is 0 Å². The molecular weight excluding hydrogens is 344 g/mol. The Labute approximate surface area is 147 Å². The topological polar surface area (TPSA) is 102 Å². The number of benzene rings is 1. The Kier molecular flexibility index (Phi) is 6.58. The summed E-state index contributed by atoms with van der Waals surface area (Å²) < 4.78 is 28.2. The first-order valence-electron chi connectivity index (χ1n) is 8.09. The van der Waals surface area contributed by atoms with Crippen LogP contribution in [0.2, 0.25) is 0 Å². The van der Waals surface area contributed by atoms with Crippen LogP contribution in [-0.4, -0.2) is 38.3 Å². The van der Waals surface area contributed by atoms with Crippen molar-refractivity contribution in [3.05, 3.63) is 35.9 Å². The van der Waals surface area contributed by atoms with Gasteiger partial charge in [-0.3, -0.25) is 20.4 Å². The quantitative estimate of drug-likeness (QED) is 0.579. The van der Waals surface area contributed by atoms with Crippen molar-refractivity contribution in [2.24, 2.45) is 5.92 Å². The number of para-hydroxylation sites is 1. The van der Waals surface area contributed by atoms with Crippen molar-refractivity contribution in [1.29, 1.82) is 0 Å². The average molecular weight is 366 g/mol. The fourth-order valence-corrected chi connectivity index (χ4v) is 4.45. The highest BCUT2D eigenvalue weighted by Crippen LogP contribution is 2.21. The molecule has 0 unspecified atom stereocenters. The fourth-order valence-electron chi connectivity index (χ4n) is 2.59. The molecule has 0 bridgehead atoms. The Hall–Kier alpha value is -2.35. The van der Waals surface area contributed by atoms with Gasteiger partial charge >= 0.3 is 0 Å². The van der Waals surface area contributed by atoms with Crippen LogP contribution < -0.4 is 15.6 Å². The zero-order valence-electron chi connectivity index (χ0n) is 14.0. The van der Waals surface area contributed by atoms with Crippen LogP contribution in [0.15, 0.2) is 30.3 Å². The van der Waals surface area contributed by atoms with Crippen LogP contribution in [0.1, 0.15) is 25.3 Å². The fraction of sp³-hybridized carbons (Fsp3) is 0.412. The number of amides is 2. The van der Waals surface area contributed by atoms with Gasteiger partial charge in [0.1, 0.15) is 5.75 Å². The Bertz CT molecular complexity index is 758. The van der Waals surface area contributed by atoms with Crippen molar-refractivity contribution in [3.63, 3.8) is 0 Å². The lowest BCUT2D eigenvalue weighted by molar-refractivity contribution is -0.127. The van der Waals surface area contributed by atoms with Crippen LogP contribution in [0.25, 0.3) is 6.08 Å². The highest BCUT2D eigenvalue weighted by molar-refractivity contribution is 7.91. The van der Waals surface area contributed by atoms with Gasteiger partial charge in [-0.25, -0.2) is 8.42 Å². The largest absolute Gasteiger partial charge is 0.493 e. The lowest BCUT2D eigenvalue weighted by Gasteiger charge is -2.09. The molecule has 1 aliphatic heterocycles. The number of hydrogen-bond acceptors (Lipinski definition) is 5. The van der Waals surface area contributed by atoms with Crippen LogP contribution in [0, 0.1) is 5.92 Å². The molecule has 25 heavy (non-hydrogen) atoms. The second-order valence-corrected chi connectivity index (χ2v) is 8.04. The maximum absolute atomic E-state index is 11.8. The molecule has 1 saturated heterocycles. The lowest BCUT2D eigenvalue weighted by atomic mass is 10.1. The van der Waals surface area contributed by atoms with E-state index in [0.717, 1.165) is 5.56 Å². The summed E-state index contributed by atoms with van der Waals surface area (Å²) in [7, 11) is -3.01. The Balaban J connectivity index is 1.79. The summed E-state index contributed by atoms with van der Waals surface area (Å²) >= 11 is 0. The van der Waals surface area contributed by atoms with Crippen molar-refractivity contribution in [1.82, 2.24) is 10.9 Å². The monoisotopic (exact) mass is 366 g/mol. The summed E-state index contributed by atoms with van der Waals surface area (Å²) in [6.45, 7) is 2.39. The zero-order valence-corrected chi connectivity index (χ0v) is 14.8. The molecule has 1 atom stereocenters. The molecule has 2 amide bonds. The van der Waals surface area contributed by atoms with E-state index < -0.39 is 21.7 Å². The third kappa shape index (κ3) is 6.22. The molecule has 1 aromatic carbocycles. The number of sulfone groups is 1. The van der Waals surface area contributed by atoms with Gasteiger partial charge in [-0.15, -0.1) is 0 Å². The van der Waals surface area contributed by atoms with E-state index >= 15 is 0 Å². The number of rotatable bonds is 6. The van der Waals surface area contributed by atoms with E-state index in [9.17, 15) is 18.0 Å². The first-order chi connectivity index (χ1) is 11.9. The van der Waals surface area contributed by atoms with Gasteiger partial charge in [0.2, 0.25) is 5.91 Å². The van der Waals surface area contributed by atoms with Gasteiger partial charge in [0.15, 0.2) is 9.84 Å². The van der Waals surface area contributed by atoms with E-state index in [1.54, 1.807) is 12.1 Å². The number of hydrazine groups is 1. The second-order valence-electron chi connectivity index (χ2n) is 5.81. The minimum atomic E-state index is -3.01. The molecule has 2 rings (SSSR count). The second kappa shape index (κ2) is 8.66. The molecule has 0 aliphatic carbocycles. The van der Waals surface area contributed by atoms with Crippen LogP contribution in [-0.2, 0) is 19.4 Å². The minimum absolute atomic E-state index is 0.0302. The van der Waals surface area contributed by atoms with Crippen molar-refractivity contribution >= 4 is 27.7 Å².